The van der Waals surface area contributed by atoms with Crippen molar-refractivity contribution >= 4 is 35.0 Å². The molecule has 0 unspecified atom stereocenters. The number of amides is 1. The summed E-state index contributed by atoms with van der Waals surface area (Å²) in [7, 11) is 0. The van der Waals surface area contributed by atoms with Gasteiger partial charge in [-0.3, -0.25) is 19.8 Å². The molecule has 0 saturated carbocycles. The van der Waals surface area contributed by atoms with Gasteiger partial charge in [0.15, 0.2) is 0 Å². The molecule has 0 atom stereocenters. The van der Waals surface area contributed by atoms with Crippen LogP contribution in [0.5, 0.6) is 0 Å². The summed E-state index contributed by atoms with van der Waals surface area (Å²) in [6.45, 7) is 3.94. The van der Waals surface area contributed by atoms with Gasteiger partial charge >= 0.3 is 0 Å². The molecule has 3 heterocycles. The lowest BCUT2D eigenvalue weighted by molar-refractivity contribution is -0.384. The number of nitro groups is 1. The largest absolute Gasteiger partial charge is 0.308 e. The van der Waals surface area contributed by atoms with Crippen molar-refractivity contribution in [2.75, 3.05) is 36.0 Å². The molecule has 158 valence electrons. The molecule has 8 nitrogen and oxygen atoms in total. The number of likely N-dealkylation sites (tertiary alicyclic amines) is 1. The first kappa shape index (κ1) is 19.4. The van der Waals surface area contributed by atoms with Gasteiger partial charge in [0.25, 0.3) is 11.6 Å². The zero-order chi connectivity index (χ0) is 21.4. The average molecular weight is 417 g/mol. The van der Waals surface area contributed by atoms with Gasteiger partial charge in [-0.1, -0.05) is 18.6 Å². The van der Waals surface area contributed by atoms with Crippen molar-refractivity contribution in [1.82, 2.24) is 4.90 Å². The number of para-hydroxylation sites is 2. The highest BCUT2D eigenvalue weighted by Crippen LogP contribution is 2.42. The molecule has 0 bridgehead atoms. The van der Waals surface area contributed by atoms with Crippen molar-refractivity contribution in [3.63, 3.8) is 0 Å². The Labute approximate surface area is 180 Å². The van der Waals surface area contributed by atoms with Crippen LogP contribution < -0.4 is 9.80 Å². The number of anilines is 2. The van der Waals surface area contributed by atoms with E-state index in [2.05, 4.69) is 20.9 Å². The van der Waals surface area contributed by atoms with Gasteiger partial charge in [-0.2, -0.15) is 4.99 Å². The number of nitro benzene ring substituents is 1. The summed E-state index contributed by atoms with van der Waals surface area (Å²) in [5.74, 6) is 0.335. The Kier molecular flexibility index (Phi) is 4.99. The van der Waals surface area contributed by atoms with Crippen LogP contribution in [0.2, 0.25) is 0 Å². The molecule has 8 heteroatoms. The summed E-state index contributed by atoms with van der Waals surface area (Å²) in [5, 5.41) is 10.9. The maximum absolute atomic E-state index is 12.8. The Morgan fingerprint density at radius 3 is 2.39 bits per heavy atom. The number of carbonyl (C=O) groups excluding carboxylic acids is 1. The van der Waals surface area contributed by atoms with Crippen LogP contribution in [-0.2, 0) is 4.79 Å². The first-order valence-corrected chi connectivity index (χ1v) is 10.6. The number of fused-ring (bicyclic) bond motifs is 3. The van der Waals surface area contributed by atoms with Crippen LogP contribution in [0.25, 0.3) is 6.08 Å². The fraction of sp³-hybridized carbons (Fsp3) is 0.304. The molecule has 0 radical (unpaired) electrons. The lowest BCUT2D eigenvalue weighted by Gasteiger charge is -2.29. The number of piperidine rings is 1. The molecule has 5 rings (SSSR count). The molecular formula is C23H23N5O3. The van der Waals surface area contributed by atoms with Gasteiger partial charge in [0, 0.05) is 25.2 Å². The number of benzene rings is 2. The van der Waals surface area contributed by atoms with E-state index in [1.54, 1.807) is 18.2 Å². The molecule has 3 aliphatic heterocycles. The van der Waals surface area contributed by atoms with Crippen LogP contribution >= 0.6 is 0 Å². The molecule has 0 spiro atoms. The molecule has 31 heavy (non-hydrogen) atoms. The summed E-state index contributed by atoms with van der Waals surface area (Å²) >= 11 is 0. The second-order valence-corrected chi connectivity index (χ2v) is 7.97. The van der Waals surface area contributed by atoms with Crippen molar-refractivity contribution in [2.24, 2.45) is 4.99 Å². The first-order valence-electron chi connectivity index (χ1n) is 10.6. The molecular weight excluding hydrogens is 394 g/mol. The third-order valence-electron chi connectivity index (χ3n) is 6.01. The van der Waals surface area contributed by atoms with E-state index in [0.29, 0.717) is 11.7 Å². The Morgan fingerprint density at radius 2 is 1.68 bits per heavy atom. The van der Waals surface area contributed by atoms with E-state index < -0.39 is 4.92 Å². The number of non-ortho nitro benzene ring substituents is 1. The predicted molar refractivity (Wildman–Crippen MR) is 120 cm³/mol. The van der Waals surface area contributed by atoms with Gasteiger partial charge in [0.2, 0.25) is 5.96 Å². The standard InChI is InChI=1S/C23H23N5O3/c29-22-21(16-17-8-10-18(11-9-17)28(30)31)27-20-7-3-2-6-19(20)26(23(27)24-22)15-14-25-12-4-1-5-13-25/h2-3,6-11,16H,1,4-5,12-15H2/b21-16-. The van der Waals surface area contributed by atoms with Crippen LogP contribution in [0.1, 0.15) is 24.8 Å². The Morgan fingerprint density at radius 1 is 0.968 bits per heavy atom. The van der Waals surface area contributed by atoms with Crippen LogP contribution in [0, 0.1) is 10.1 Å². The number of hydrogen-bond donors (Lipinski definition) is 0. The third kappa shape index (κ3) is 3.59. The van der Waals surface area contributed by atoms with E-state index in [1.807, 2.05) is 23.1 Å². The highest BCUT2D eigenvalue weighted by atomic mass is 16.6. The molecule has 1 fully saturated rings. The quantitative estimate of drug-likeness (QED) is 0.420. The molecule has 1 saturated heterocycles. The van der Waals surface area contributed by atoms with E-state index in [0.717, 1.165) is 43.1 Å². The molecule has 3 aliphatic rings. The predicted octanol–water partition coefficient (Wildman–Crippen LogP) is 3.64. The molecule has 2 aromatic carbocycles. The van der Waals surface area contributed by atoms with E-state index in [-0.39, 0.29) is 11.6 Å². The summed E-state index contributed by atoms with van der Waals surface area (Å²) in [6.07, 6.45) is 5.52. The van der Waals surface area contributed by atoms with Crippen molar-refractivity contribution in [1.29, 1.82) is 0 Å². The zero-order valence-corrected chi connectivity index (χ0v) is 17.1. The normalized spacial score (nSPS) is 19.5. The molecule has 0 aliphatic carbocycles. The first-order chi connectivity index (χ1) is 15.1. The number of hydrogen-bond acceptors (Lipinski definition) is 6. The maximum Gasteiger partial charge on any atom is 0.297 e. The van der Waals surface area contributed by atoms with Crippen LogP contribution in [0.4, 0.5) is 17.1 Å². The zero-order valence-electron chi connectivity index (χ0n) is 17.1. The number of nitrogens with zero attached hydrogens (tertiary/aromatic N) is 5. The number of aliphatic imine (C=N–C) groups is 1. The van der Waals surface area contributed by atoms with Crippen LogP contribution in [0.15, 0.2) is 59.2 Å². The minimum absolute atomic E-state index is 0.0206. The second-order valence-electron chi connectivity index (χ2n) is 7.97. The highest BCUT2D eigenvalue weighted by Gasteiger charge is 2.41. The van der Waals surface area contributed by atoms with Gasteiger partial charge in [-0.15, -0.1) is 0 Å². The van der Waals surface area contributed by atoms with Crippen LogP contribution in [0.3, 0.4) is 0 Å². The Hall–Kier alpha value is -3.52. The van der Waals surface area contributed by atoms with E-state index in [4.69, 9.17) is 0 Å². The van der Waals surface area contributed by atoms with Crippen molar-refractivity contribution in [3.8, 4) is 0 Å². The van der Waals surface area contributed by atoms with Gasteiger partial charge < -0.3 is 9.80 Å². The number of rotatable bonds is 5. The highest BCUT2D eigenvalue weighted by molar-refractivity contribution is 6.31. The fourth-order valence-electron chi connectivity index (χ4n) is 4.43. The summed E-state index contributed by atoms with van der Waals surface area (Å²) in [6, 6.07) is 14.2. The third-order valence-corrected chi connectivity index (χ3v) is 6.01. The SMILES string of the molecule is O=C1N=C2N(CCN3CCCCC3)c3ccccc3N2/C1=C\c1ccc([N+](=O)[O-])cc1. The van der Waals surface area contributed by atoms with Gasteiger partial charge in [-0.25, -0.2) is 0 Å². The minimum atomic E-state index is -0.435. The van der Waals surface area contributed by atoms with Crippen molar-refractivity contribution in [2.45, 2.75) is 19.3 Å². The summed E-state index contributed by atoms with van der Waals surface area (Å²) in [5.41, 5.74) is 3.16. The fourth-order valence-corrected chi connectivity index (χ4v) is 4.43. The van der Waals surface area contributed by atoms with E-state index in [9.17, 15) is 14.9 Å². The monoisotopic (exact) mass is 417 g/mol. The minimum Gasteiger partial charge on any atom is -0.308 e. The van der Waals surface area contributed by atoms with Crippen LogP contribution in [-0.4, -0.2) is 47.9 Å². The lowest BCUT2D eigenvalue weighted by atomic mass is 10.1. The Bertz CT molecular complexity index is 1090. The van der Waals surface area contributed by atoms with Crippen molar-refractivity contribution < 1.29 is 9.72 Å². The average Bonchev–Trinajstić information content (AvgIpc) is 3.27. The molecule has 2 aromatic rings. The summed E-state index contributed by atoms with van der Waals surface area (Å²) < 4.78 is 0. The molecule has 0 N–H and O–H groups in total. The number of carbonyl (C=O) groups is 1. The smallest absolute Gasteiger partial charge is 0.297 e. The van der Waals surface area contributed by atoms with Gasteiger partial charge in [0.1, 0.15) is 5.70 Å². The lowest BCUT2D eigenvalue weighted by Crippen LogP contribution is -2.41. The molecule has 0 aromatic heterocycles. The van der Waals surface area contributed by atoms with Gasteiger partial charge in [0.05, 0.1) is 16.3 Å². The number of guanidine groups is 1. The summed E-state index contributed by atoms with van der Waals surface area (Å²) in [4.78, 5) is 34.1. The Balaban J connectivity index is 1.44. The van der Waals surface area contributed by atoms with Crippen molar-refractivity contribution in [3.05, 3.63) is 69.9 Å². The topological polar surface area (TPSA) is 82.3 Å². The van der Waals surface area contributed by atoms with Gasteiger partial charge in [-0.05, 0) is 61.8 Å². The second kappa shape index (κ2) is 7.96. The van der Waals surface area contributed by atoms with E-state index >= 15 is 0 Å². The maximum atomic E-state index is 12.8. The molecule has 1 amide bonds. The van der Waals surface area contributed by atoms with E-state index in [1.165, 1.54) is 31.4 Å².